The Balaban J connectivity index is 2.72. The number of hydrogen-bond acceptors (Lipinski definition) is 5. The molecule has 0 aromatic heterocycles. The largest absolute Gasteiger partial charge is 0.479 e. The number of ether oxygens (including phenoxy) is 2. The number of unbranched alkanes of at least 4 members (excludes halogenated alkanes) is 1. The van der Waals surface area contributed by atoms with Crippen molar-refractivity contribution >= 4 is 17.6 Å². The molecule has 6 heteroatoms. The summed E-state index contributed by atoms with van der Waals surface area (Å²) in [5.74, 6) is -0.415. The Kier molecular flexibility index (Phi) is 6.52. The number of methoxy groups -OCH3 is 1. The van der Waals surface area contributed by atoms with Crippen molar-refractivity contribution in [2.24, 2.45) is 0 Å². The standard InChI is InChI=1S/C15H22N2O4/c1-4-5-8-17-14(18)10(2)21-13-9-11(15(19)20-3)6-7-12(13)16/h6-7,9-10H,4-5,8,16H2,1-3H3,(H,17,18). The average Bonchev–Trinajstić information content (AvgIpc) is 2.48. The molecule has 0 spiro atoms. The predicted octanol–water partition coefficient (Wildman–Crippen LogP) is 1.74. The van der Waals surface area contributed by atoms with Crippen LogP contribution in [0.15, 0.2) is 18.2 Å². The van der Waals surface area contributed by atoms with E-state index in [9.17, 15) is 9.59 Å². The normalized spacial score (nSPS) is 11.6. The number of hydrogen-bond donors (Lipinski definition) is 2. The van der Waals surface area contributed by atoms with Gasteiger partial charge in [-0.2, -0.15) is 0 Å². The quantitative estimate of drug-likeness (QED) is 0.454. The highest BCUT2D eigenvalue weighted by molar-refractivity contribution is 5.90. The third-order valence-electron chi connectivity index (χ3n) is 2.94. The minimum absolute atomic E-state index is 0.216. The fraction of sp³-hybridized carbons (Fsp3) is 0.467. The third kappa shape index (κ3) is 4.98. The van der Waals surface area contributed by atoms with Crippen LogP contribution in [0.5, 0.6) is 5.75 Å². The summed E-state index contributed by atoms with van der Waals surface area (Å²) >= 11 is 0. The van der Waals surface area contributed by atoms with E-state index in [4.69, 9.17) is 10.5 Å². The SMILES string of the molecule is CCCCNC(=O)C(C)Oc1cc(C(=O)OC)ccc1N. The first kappa shape index (κ1) is 16.8. The molecule has 0 saturated heterocycles. The lowest BCUT2D eigenvalue weighted by molar-refractivity contribution is -0.127. The first-order valence-corrected chi connectivity index (χ1v) is 6.91. The summed E-state index contributed by atoms with van der Waals surface area (Å²) < 4.78 is 10.2. The van der Waals surface area contributed by atoms with Gasteiger partial charge in [-0.3, -0.25) is 4.79 Å². The third-order valence-corrected chi connectivity index (χ3v) is 2.94. The van der Waals surface area contributed by atoms with Crippen molar-refractivity contribution in [3.05, 3.63) is 23.8 Å². The molecular weight excluding hydrogens is 272 g/mol. The van der Waals surface area contributed by atoms with Gasteiger partial charge in [-0.1, -0.05) is 13.3 Å². The van der Waals surface area contributed by atoms with Crippen LogP contribution in [-0.4, -0.2) is 31.6 Å². The van der Waals surface area contributed by atoms with Crippen LogP contribution in [0.4, 0.5) is 5.69 Å². The second-order valence-electron chi connectivity index (χ2n) is 4.65. The monoisotopic (exact) mass is 294 g/mol. The van der Waals surface area contributed by atoms with Gasteiger partial charge in [-0.05, 0) is 31.5 Å². The number of nitrogens with two attached hydrogens (primary N) is 1. The number of amides is 1. The van der Waals surface area contributed by atoms with Gasteiger partial charge in [-0.25, -0.2) is 4.79 Å². The Bertz CT molecular complexity index is 502. The van der Waals surface area contributed by atoms with Gasteiger partial charge < -0.3 is 20.5 Å². The van der Waals surface area contributed by atoms with Gasteiger partial charge in [0, 0.05) is 6.54 Å². The van der Waals surface area contributed by atoms with Crippen molar-refractivity contribution in [3.8, 4) is 5.75 Å². The lowest BCUT2D eigenvalue weighted by Crippen LogP contribution is -2.36. The highest BCUT2D eigenvalue weighted by Crippen LogP contribution is 2.24. The van der Waals surface area contributed by atoms with Gasteiger partial charge in [0.15, 0.2) is 6.10 Å². The van der Waals surface area contributed by atoms with E-state index in [1.54, 1.807) is 19.1 Å². The van der Waals surface area contributed by atoms with E-state index in [1.165, 1.54) is 13.2 Å². The molecule has 1 unspecified atom stereocenters. The second kappa shape index (κ2) is 8.14. The first-order valence-electron chi connectivity index (χ1n) is 6.91. The molecule has 0 aliphatic carbocycles. The van der Waals surface area contributed by atoms with Crippen LogP contribution in [-0.2, 0) is 9.53 Å². The first-order chi connectivity index (χ1) is 9.99. The maximum absolute atomic E-state index is 11.8. The Morgan fingerprint density at radius 1 is 1.38 bits per heavy atom. The highest BCUT2D eigenvalue weighted by Gasteiger charge is 2.17. The fourth-order valence-electron chi connectivity index (χ4n) is 1.66. The van der Waals surface area contributed by atoms with E-state index in [0.717, 1.165) is 12.8 Å². The number of anilines is 1. The molecule has 0 heterocycles. The zero-order chi connectivity index (χ0) is 15.8. The van der Waals surface area contributed by atoms with Gasteiger partial charge in [0.1, 0.15) is 5.75 Å². The molecule has 21 heavy (non-hydrogen) atoms. The van der Waals surface area contributed by atoms with Crippen LogP contribution in [0.2, 0.25) is 0 Å². The molecule has 0 saturated carbocycles. The molecule has 116 valence electrons. The molecule has 1 rings (SSSR count). The van der Waals surface area contributed by atoms with Crippen LogP contribution in [0, 0.1) is 0 Å². The molecule has 0 bridgehead atoms. The van der Waals surface area contributed by atoms with Crippen molar-refractivity contribution in [2.45, 2.75) is 32.8 Å². The van der Waals surface area contributed by atoms with Gasteiger partial charge in [0.25, 0.3) is 5.91 Å². The molecule has 0 aliphatic heterocycles. The minimum Gasteiger partial charge on any atom is -0.479 e. The summed E-state index contributed by atoms with van der Waals surface area (Å²) in [6.45, 7) is 4.29. The van der Waals surface area contributed by atoms with Crippen LogP contribution >= 0.6 is 0 Å². The zero-order valence-corrected chi connectivity index (χ0v) is 12.6. The number of benzene rings is 1. The smallest absolute Gasteiger partial charge is 0.337 e. The topological polar surface area (TPSA) is 90.6 Å². The lowest BCUT2D eigenvalue weighted by Gasteiger charge is -2.16. The van der Waals surface area contributed by atoms with Gasteiger partial charge in [-0.15, -0.1) is 0 Å². The number of carbonyl (C=O) groups is 2. The molecular formula is C15H22N2O4. The predicted molar refractivity (Wildman–Crippen MR) is 80.2 cm³/mol. The Hall–Kier alpha value is -2.24. The molecule has 0 radical (unpaired) electrons. The minimum atomic E-state index is -0.697. The molecule has 6 nitrogen and oxygen atoms in total. The maximum atomic E-state index is 11.8. The molecule has 1 atom stereocenters. The Labute approximate surface area is 124 Å². The summed E-state index contributed by atoms with van der Waals surface area (Å²) in [6, 6.07) is 4.56. The van der Waals surface area contributed by atoms with Crippen LogP contribution in [0.25, 0.3) is 0 Å². The van der Waals surface area contributed by atoms with Crippen LogP contribution < -0.4 is 15.8 Å². The van der Waals surface area contributed by atoms with E-state index in [-0.39, 0.29) is 11.7 Å². The van der Waals surface area contributed by atoms with Crippen LogP contribution in [0.3, 0.4) is 0 Å². The Morgan fingerprint density at radius 2 is 2.10 bits per heavy atom. The summed E-state index contributed by atoms with van der Waals surface area (Å²) in [5.41, 5.74) is 6.47. The number of rotatable bonds is 7. The van der Waals surface area contributed by atoms with E-state index >= 15 is 0 Å². The highest BCUT2D eigenvalue weighted by atomic mass is 16.5. The van der Waals surface area contributed by atoms with Gasteiger partial charge >= 0.3 is 5.97 Å². The zero-order valence-electron chi connectivity index (χ0n) is 12.6. The van der Waals surface area contributed by atoms with E-state index in [1.807, 2.05) is 6.92 Å². The second-order valence-corrected chi connectivity index (χ2v) is 4.65. The number of esters is 1. The molecule has 0 aliphatic rings. The average molecular weight is 294 g/mol. The molecule has 0 fully saturated rings. The fourth-order valence-corrected chi connectivity index (χ4v) is 1.66. The number of nitrogen functional groups attached to an aromatic ring is 1. The number of carbonyl (C=O) groups excluding carboxylic acids is 2. The number of nitrogens with one attached hydrogen (secondary N) is 1. The van der Waals surface area contributed by atoms with Crippen molar-refractivity contribution in [2.75, 3.05) is 19.4 Å². The molecule has 3 N–H and O–H groups in total. The lowest BCUT2D eigenvalue weighted by atomic mass is 10.2. The maximum Gasteiger partial charge on any atom is 0.337 e. The van der Waals surface area contributed by atoms with Crippen molar-refractivity contribution in [3.63, 3.8) is 0 Å². The summed E-state index contributed by atoms with van der Waals surface area (Å²) in [6.07, 6.45) is 1.22. The van der Waals surface area contributed by atoms with E-state index in [2.05, 4.69) is 10.1 Å². The van der Waals surface area contributed by atoms with Gasteiger partial charge in [0.2, 0.25) is 0 Å². The van der Waals surface area contributed by atoms with Gasteiger partial charge in [0.05, 0.1) is 18.4 Å². The summed E-state index contributed by atoms with van der Waals surface area (Å²) in [7, 11) is 1.29. The molecule has 1 aromatic carbocycles. The molecule has 1 aromatic rings. The van der Waals surface area contributed by atoms with E-state index < -0.39 is 12.1 Å². The van der Waals surface area contributed by atoms with E-state index in [0.29, 0.717) is 17.8 Å². The summed E-state index contributed by atoms with van der Waals surface area (Å²) in [4.78, 5) is 23.3. The van der Waals surface area contributed by atoms with Crippen molar-refractivity contribution in [1.82, 2.24) is 5.32 Å². The van der Waals surface area contributed by atoms with Crippen LogP contribution in [0.1, 0.15) is 37.0 Å². The molecule has 1 amide bonds. The Morgan fingerprint density at radius 3 is 2.71 bits per heavy atom. The van der Waals surface area contributed by atoms with Crippen molar-refractivity contribution < 1.29 is 19.1 Å². The summed E-state index contributed by atoms with van der Waals surface area (Å²) in [5, 5.41) is 2.78. The van der Waals surface area contributed by atoms with Crippen molar-refractivity contribution in [1.29, 1.82) is 0 Å².